The lowest BCUT2D eigenvalue weighted by Gasteiger charge is -2.00. The minimum absolute atomic E-state index is 0.673. The summed E-state index contributed by atoms with van der Waals surface area (Å²) in [4.78, 5) is 0. The fourth-order valence-corrected chi connectivity index (χ4v) is 1.07. The first kappa shape index (κ1) is 11.7. The SMILES string of the molecule is C=CCCCCCCNBOC. The smallest absolute Gasteiger partial charge is 0.360 e. The first-order valence-corrected chi connectivity index (χ1v) is 4.72. The Morgan fingerprint density at radius 2 is 2.08 bits per heavy atom. The van der Waals surface area contributed by atoms with Crippen LogP contribution in [0.4, 0.5) is 0 Å². The zero-order valence-corrected chi connectivity index (χ0v) is 8.14. The highest BCUT2D eigenvalue weighted by Crippen LogP contribution is 2.01. The van der Waals surface area contributed by atoms with E-state index in [1.54, 1.807) is 7.11 Å². The largest absolute Gasteiger partial charge is 0.427 e. The van der Waals surface area contributed by atoms with Crippen LogP contribution in [0.2, 0.25) is 0 Å². The van der Waals surface area contributed by atoms with Crippen molar-refractivity contribution in [3.8, 4) is 0 Å². The maximum atomic E-state index is 4.86. The van der Waals surface area contributed by atoms with Gasteiger partial charge in [0, 0.05) is 7.11 Å². The van der Waals surface area contributed by atoms with Crippen LogP contribution in [-0.2, 0) is 4.65 Å². The zero-order valence-electron chi connectivity index (χ0n) is 8.14. The minimum atomic E-state index is 0.673. The van der Waals surface area contributed by atoms with Gasteiger partial charge in [-0.2, -0.15) is 0 Å². The molecule has 0 spiro atoms. The van der Waals surface area contributed by atoms with Crippen LogP contribution in [0, 0.1) is 0 Å². The molecule has 0 aliphatic heterocycles. The van der Waals surface area contributed by atoms with Crippen molar-refractivity contribution in [1.82, 2.24) is 5.23 Å². The summed E-state index contributed by atoms with van der Waals surface area (Å²) in [6.45, 7) is 4.76. The van der Waals surface area contributed by atoms with Crippen LogP contribution in [0.1, 0.15) is 32.1 Å². The van der Waals surface area contributed by atoms with E-state index in [1.165, 1.54) is 25.7 Å². The Hall–Kier alpha value is -0.275. The Labute approximate surface area is 76.7 Å². The Bertz CT molecular complexity index is 98.5. The molecule has 0 bridgehead atoms. The third-order valence-electron chi connectivity index (χ3n) is 1.76. The van der Waals surface area contributed by atoms with Crippen molar-refractivity contribution in [2.45, 2.75) is 32.1 Å². The summed E-state index contributed by atoms with van der Waals surface area (Å²) in [5.41, 5.74) is 0. The maximum Gasteiger partial charge on any atom is 0.360 e. The fourth-order valence-electron chi connectivity index (χ4n) is 1.07. The molecule has 0 radical (unpaired) electrons. The van der Waals surface area contributed by atoms with Gasteiger partial charge in [0.05, 0.1) is 0 Å². The minimum Gasteiger partial charge on any atom is -0.427 e. The second-order valence-corrected chi connectivity index (χ2v) is 2.92. The van der Waals surface area contributed by atoms with E-state index >= 15 is 0 Å². The molecule has 0 aromatic heterocycles. The van der Waals surface area contributed by atoms with Crippen LogP contribution in [0.15, 0.2) is 12.7 Å². The first-order chi connectivity index (χ1) is 5.91. The van der Waals surface area contributed by atoms with Gasteiger partial charge < -0.3 is 9.88 Å². The standard InChI is InChI=1S/C9H20BNO/c1-3-4-5-6-7-8-9-11-10-12-2/h3,10-11H,1,4-9H2,2H3. The van der Waals surface area contributed by atoms with Crippen LogP contribution in [0.3, 0.4) is 0 Å². The van der Waals surface area contributed by atoms with E-state index in [1.807, 2.05) is 6.08 Å². The van der Waals surface area contributed by atoms with Gasteiger partial charge in [-0.3, -0.25) is 0 Å². The van der Waals surface area contributed by atoms with E-state index < -0.39 is 0 Å². The molecule has 2 nitrogen and oxygen atoms in total. The van der Waals surface area contributed by atoms with Gasteiger partial charge in [-0.05, 0) is 25.8 Å². The lowest BCUT2D eigenvalue weighted by Crippen LogP contribution is -2.21. The molecule has 0 unspecified atom stereocenters. The third kappa shape index (κ3) is 9.72. The fraction of sp³-hybridized carbons (Fsp3) is 0.778. The molecule has 0 saturated heterocycles. The average molecular weight is 169 g/mol. The highest BCUT2D eigenvalue weighted by molar-refractivity contribution is 6.23. The second-order valence-electron chi connectivity index (χ2n) is 2.92. The summed E-state index contributed by atoms with van der Waals surface area (Å²) in [6, 6.07) is 0. The molecular formula is C9H20BNO. The number of allylic oxidation sites excluding steroid dienone is 1. The molecule has 0 aliphatic carbocycles. The van der Waals surface area contributed by atoms with Gasteiger partial charge in [-0.1, -0.05) is 18.9 Å². The molecule has 1 N–H and O–H groups in total. The predicted octanol–water partition coefficient (Wildman–Crippen LogP) is 1.63. The Morgan fingerprint density at radius 1 is 1.33 bits per heavy atom. The summed E-state index contributed by atoms with van der Waals surface area (Å²) in [5.74, 6) is 0. The van der Waals surface area contributed by atoms with Gasteiger partial charge in [-0.25, -0.2) is 0 Å². The van der Waals surface area contributed by atoms with Gasteiger partial charge in [-0.15, -0.1) is 6.58 Å². The number of hydrogen-bond acceptors (Lipinski definition) is 2. The molecule has 0 aliphatic rings. The quantitative estimate of drug-likeness (QED) is 0.321. The molecule has 0 amide bonds. The molecule has 12 heavy (non-hydrogen) atoms. The third-order valence-corrected chi connectivity index (χ3v) is 1.76. The lowest BCUT2D eigenvalue weighted by atomic mass is 10.1. The highest BCUT2D eigenvalue weighted by Gasteiger charge is 1.89. The number of rotatable bonds is 9. The Balaban J connectivity index is 2.77. The van der Waals surface area contributed by atoms with Crippen molar-refractivity contribution >= 4 is 7.62 Å². The van der Waals surface area contributed by atoms with E-state index in [0.29, 0.717) is 7.62 Å². The van der Waals surface area contributed by atoms with E-state index in [9.17, 15) is 0 Å². The summed E-state index contributed by atoms with van der Waals surface area (Å²) in [6.07, 6.45) is 8.31. The zero-order chi connectivity index (χ0) is 9.07. The second kappa shape index (κ2) is 10.7. The lowest BCUT2D eigenvalue weighted by molar-refractivity contribution is 0.429. The molecule has 0 atom stereocenters. The first-order valence-electron chi connectivity index (χ1n) is 4.72. The van der Waals surface area contributed by atoms with Gasteiger partial charge in [0.15, 0.2) is 0 Å². The molecule has 0 rings (SSSR count). The molecule has 70 valence electrons. The highest BCUT2D eigenvalue weighted by atomic mass is 16.4. The van der Waals surface area contributed by atoms with E-state index in [0.717, 1.165) is 13.0 Å². The van der Waals surface area contributed by atoms with Crippen molar-refractivity contribution in [2.24, 2.45) is 0 Å². The van der Waals surface area contributed by atoms with Crippen LogP contribution < -0.4 is 5.23 Å². The Morgan fingerprint density at radius 3 is 2.75 bits per heavy atom. The van der Waals surface area contributed by atoms with E-state index in [4.69, 9.17) is 4.65 Å². The van der Waals surface area contributed by atoms with Crippen molar-refractivity contribution in [3.63, 3.8) is 0 Å². The maximum absolute atomic E-state index is 4.86. The van der Waals surface area contributed by atoms with Gasteiger partial charge in [0.25, 0.3) is 0 Å². The molecule has 0 aromatic rings. The predicted molar refractivity (Wildman–Crippen MR) is 55.4 cm³/mol. The van der Waals surface area contributed by atoms with E-state index in [-0.39, 0.29) is 0 Å². The summed E-state index contributed by atoms with van der Waals surface area (Å²) in [5, 5.41) is 3.18. The number of nitrogens with one attached hydrogen (secondary N) is 1. The summed E-state index contributed by atoms with van der Waals surface area (Å²) >= 11 is 0. The van der Waals surface area contributed by atoms with Gasteiger partial charge in [0.2, 0.25) is 0 Å². The van der Waals surface area contributed by atoms with Crippen LogP contribution in [0.25, 0.3) is 0 Å². The number of hydrogen-bond donors (Lipinski definition) is 1. The topological polar surface area (TPSA) is 21.3 Å². The van der Waals surface area contributed by atoms with Crippen LogP contribution >= 0.6 is 0 Å². The number of unbranched alkanes of at least 4 members (excludes halogenated alkanes) is 4. The van der Waals surface area contributed by atoms with E-state index in [2.05, 4.69) is 11.8 Å². The average Bonchev–Trinajstić information content (AvgIpc) is 2.10. The Kier molecular flexibility index (Phi) is 10.5. The van der Waals surface area contributed by atoms with Crippen LogP contribution in [0.5, 0.6) is 0 Å². The van der Waals surface area contributed by atoms with Gasteiger partial charge >= 0.3 is 7.62 Å². The van der Waals surface area contributed by atoms with Crippen molar-refractivity contribution in [2.75, 3.05) is 13.7 Å². The molecule has 0 saturated carbocycles. The van der Waals surface area contributed by atoms with Crippen molar-refractivity contribution in [1.29, 1.82) is 0 Å². The summed E-state index contributed by atoms with van der Waals surface area (Å²) in [7, 11) is 2.38. The van der Waals surface area contributed by atoms with Gasteiger partial charge in [0.1, 0.15) is 0 Å². The monoisotopic (exact) mass is 169 g/mol. The molecular weight excluding hydrogens is 149 g/mol. The van der Waals surface area contributed by atoms with Crippen LogP contribution in [-0.4, -0.2) is 21.3 Å². The molecule has 3 heteroatoms. The molecule has 0 heterocycles. The van der Waals surface area contributed by atoms with Crippen molar-refractivity contribution in [3.05, 3.63) is 12.7 Å². The van der Waals surface area contributed by atoms with Crippen molar-refractivity contribution < 1.29 is 4.65 Å². The molecule has 0 aromatic carbocycles. The molecule has 0 fully saturated rings. The summed E-state index contributed by atoms with van der Waals surface area (Å²) < 4.78 is 4.86. The normalized spacial score (nSPS) is 9.75.